The summed E-state index contributed by atoms with van der Waals surface area (Å²) in [5.41, 5.74) is 1.02. The van der Waals surface area contributed by atoms with E-state index in [2.05, 4.69) is 26.1 Å². The van der Waals surface area contributed by atoms with Crippen LogP contribution in [0.15, 0.2) is 23.1 Å². The van der Waals surface area contributed by atoms with Crippen molar-refractivity contribution < 1.29 is 4.39 Å². The number of hydrogen-bond acceptors (Lipinski definition) is 2. The van der Waals surface area contributed by atoms with E-state index >= 15 is 0 Å². The van der Waals surface area contributed by atoms with Crippen molar-refractivity contribution in [2.45, 2.75) is 44.6 Å². The zero-order valence-electron chi connectivity index (χ0n) is 10.9. The molecule has 0 saturated heterocycles. The monoisotopic (exact) mass is 255 g/mol. The molecule has 0 aliphatic heterocycles. The van der Waals surface area contributed by atoms with Crippen LogP contribution in [0.4, 0.5) is 4.39 Å². The van der Waals surface area contributed by atoms with Crippen molar-refractivity contribution in [1.29, 1.82) is 0 Å². The Balaban J connectivity index is 2.67. The predicted molar refractivity (Wildman–Crippen MR) is 74.1 cm³/mol. The highest BCUT2D eigenvalue weighted by Crippen LogP contribution is 2.25. The average molecular weight is 255 g/mol. The van der Waals surface area contributed by atoms with Gasteiger partial charge in [-0.3, -0.25) is 0 Å². The molecule has 0 aromatic heterocycles. The number of benzene rings is 1. The molecular formula is C14H22FNS. The summed E-state index contributed by atoms with van der Waals surface area (Å²) in [4.78, 5) is 0.762. The van der Waals surface area contributed by atoms with E-state index in [9.17, 15) is 4.39 Å². The Morgan fingerprint density at radius 1 is 1.29 bits per heavy atom. The maximum Gasteiger partial charge on any atom is 0.137 e. The minimum absolute atomic E-state index is 0.0916. The fourth-order valence-corrected chi connectivity index (χ4v) is 2.38. The molecule has 1 nitrogen and oxygen atoms in total. The van der Waals surface area contributed by atoms with Crippen LogP contribution in [0.5, 0.6) is 0 Å². The van der Waals surface area contributed by atoms with Gasteiger partial charge in [-0.2, -0.15) is 0 Å². The maximum absolute atomic E-state index is 13.8. The largest absolute Gasteiger partial charge is 0.310 e. The fourth-order valence-electron chi connectivity index (χ4n) is 1.59. The van der Waals surface area contributed by atoms with Gasteiger partial charge in [-0.15, -0.1) is 11.8 Å². The van der Waals surface area contributed by atoms with Gasteiger partial charge < -0.3 is 5.32 Å². The predicted octanol–water partition coefficient (Wildman–Crippen LogP) is 4.39. The van der Waals surface area contributed by atoms with Crippen molar-refractivity contribution in [3.05, 3.63) is 29.6 Å². The Labute approximate surface area is 108 Å². The smallest absolute Gasteiger partial charge is 0.137 e. The first-order chi connectivity index (χ1) is 8.19. The van der Waals surface area contributed by atoms with Gasteiger partial charge in [0.15, 0.2) is 0 Å². The van der Waals surface area contributed by atoms with Gasteiger partial charge in [-0.05, 0) is 49.8 Å². The fraction of sp³-hybridized carbons (Fsp3) is 0.571. The van der Waals surface area contributed by atoms with Crippen LogP contribution < -0.4 is 5.32 Å². The second-order valence-corrected chi connectivity index (χ2v) is 5.35. The van der Waals surface area contributed by atoms with Gasteiger partial charge in [0.1, 0.15) is 5.82 Å². The lowest BCUT2D eigenvalue weighted by molar-refractivity contribution is 0.556. The number of thioether (sulfide) groups is 1. The van der Waals surface area contributed by atoms with Crippen molar-refractivity contribution in [3.8, 4) is 0 Å². The summed E-state index contributed by atoms with van der Waals surface area (Å²) in [5, 5.41) is 3.36. The van der Waals surface area contributed by atoms with Gasteiger partial charge in [-0.1, -0.05) is 19.9 Å². The summed E-state index contributed by atoms with van der Waals surface area (Å²) in [6.45, 7) is 7.28. The summed E-state index contributed by atoms with van der Waals surface area (Å²) in [7, 11) is 0. The number of rotatable bonds is 7. The SMILES string of the molecule is CCCNC(C)c1ccc(SCCC)c(F)c1. The third-order valence-corrected chi connectivity index (χ3v) is 3.87. The van der Waals surface area contributed by atoms with Crippen LogP contribution in [0.1, 0.15) is 45.2 Å². The quantitative estimate of drug-likeness (QED) is 0.725. The molecule has 0 aliphatic rings. The summed E-state index contributed by atoms with van der Waals surface area (Å²) < 4.78 is 13.8. The van der Waals surface area contributed by atoms with Crippen LogP contribution in [0.25, 0.3) is 0 Å². The zero-order chi connectivity index (χ0) is 12.7. The molecular weight excluding hydrogens is 233 g/mol. The normalized spacial score (nSPS) is 12.7. The molecule has 0 amide bonds. The molecule has 1 aromatic rings. The Kier molecular flexibility index (Phi) is 6.60. The first-order valence-corrected chi connectivity index (χ1v) is 7.33. The first-order valence-electron chi connectivity index (χ1n) is 6.34. The highest BCUT2D eigenvalue weighted by atomic mass is 32.2. The van der Waals surface area contributed by atoms with Gasteiger partial charge in [0, 0.05) is 10.9 Å². The highest BCUT2D eigenvalue weighted by molar-refractivity contribution is 7.99. The van der Waals surface area contributed by atoms with E-state index in [0.717, 1.165) is 35.6 Å². The molecule has 1 unspecified atom stereocenters. The van der Waals surface area contributed by atoms with Crippen LogP contribution in [-0.2, 0) is 0 Å². The minimum atomic E-state index is -0.0916. The molecule has 0 radical (unpaired) electrons. The van der Waals surface area contributed by atoms with Crippen molar-refractivity contribution in [3.63, 3.8) is 0 Å². The Morgan fingerprint density at radius 2 is 2.06 bits per heavy atom. The Hall–Kier alpha value is -0.540. The van der Waals surface area contributed by atoms with Gasteiger partial charge in [0.25, 0.3) is 0 Å². The van der Waals surface area contributed by atoms with E-state index in [1.165, 1.54) is 0 Å². The molecule has 1 atom stereocenters. The summed E-state index contributed by atoms with van der Waals surface area (Å²) >= 11 is 1.59. The van der Waals surface area contributed by atoms with Crippen LogP contribution in [-0.4, -0.2) is 12.3 Å². The second-order valence-electron chi connectivity index (χ2n) is 4.21. The van der Waals surface area contributed by atoms with Crippen LogP contribution in [0.2, 0.25) is 0 Å². The summed E-state index contributed by atoms with van der Waals surface area (Å²) in [5.74, 6) is 0.881. The van der Waals surface area contributed by atoms with E-state index in [4.69, 9.17) is 0 Å². The molecule has 96 valence electrons. The number of halogens is 1. The van der Waals surface area contributed by atoms with Crippen molar-refractivity contribution in [1.82, 2.24) is 5.32 Å². The third-order valence-electron chi connectivity index (χ3n) is 2.62. The number of nitrogens with one attached hydrogen (secondary N) is 1. The molecule has 1 rings (SSSR count). The van der Waals surface area contributed by atoms with E-state index in [1.807, 2.05) is 12.1 Å². The highest BCUT2D eigenvalue weighted by Gasteiger charge is 2.08. The van der Waals surface area contributed by atoms with Gasteiger partial charge in [0.2, 0.25) is 0 Å². The standard InChI is InChI=1S/C14H22FNS/c1-4-8-16-11(3)12-6-7-14(13(15)10-12)17-9-5-2/h6-7,10-11,16H,4-5,8-9H2,1-3H3. The lowest BCUT2D eigenvalue weighted by Gasteiger charge is -2.14. The second kappa shape index (κ2) is 7.72. The molecule has 0 bridgehead atoms. The van der Waals surface area contributed by atoms with Crippen LogP contribution in [0.3, 0.4) is 0 Å². The molecule has 0 saturated carbocycles. The maximum atomic E-state index is 13.8. The number of hydrogen-bond donors (Lipinski definition) is 1. The van der Waals surface area contributed by atoms with E-state index in [0.29, 0.717) is 0 Å². The average Bonchev–Trinajstić information content (AvgIpc) is 2.34. The van der Waals surface area contributed by atoms with Crippen molar-refractivity contribution in [2.75, 3.05) is 12.3 Å². The van der Waals surface area contributed by atoms with Crippen molar-refractivity contribution in [2.24, 2.45) is 0 Å². The van der Waals surface area contributed by atoms with E-state index in [1.54, 1.807) is 17.8 Å². The summed E-state index contributed by atoms with van der Waals surface area (Å²) in [6.07, 6.45) is 2.16. The molecule has 0 heterocycles. The third kappa shape index (κ3) is 4.68. The Morgan fingerprint density at radius 3 is 2.65 bits per heavy atom. The molecule has 1 N–H and O–H groups in total. The first kappa shape index (κ1) is 14.5. The van der Waals surface area contributed by atoms with Crippen LogP contribution in [0, 0.1) is 5.82 Å². The summed E-state index contributed by atoms with van der Waals surface area (Å²) in [6, 6.07) is 5.80. The van der Waals surface area contributed by atoms with Gasteiger partial charge >= 0.3 is 0 Å². The Bertz CT molecular complexity index is 341. The van der Waals surface area contributed by atoms with Crippen LogP contribution >= 0.6 is 11.8 Å². The zero-order valence-corrected chi connectivity index (χ0v) is 11.7. The minimum Gasteiger partial charge on any atom is -0.310 e. The molecule has 0 fully saturated rings. The van der Waals surface area contributed by atoms with E-state index < -0.39 is 0 Å². The molecule has 0 spiro atoms. The van der Waals surface area contributed by atoms with Crippen molar-refractivity contribution >= 4 is 11.8 Å². The molecule has 0 aliphatic carbocycles. The lowest BCUT2D eigenvalue weighted by atomic mass is 10.1. The van der Waals surface area contributed by atoms with Gasteiger partial charge in [0.05, 0.1) is 0 Å². The molecule has 1 aromatic carbocycles. The van der Waals surface area contributed by atoms with E-state index in [-0.39, 0.29) is 11.9 Å². The van der Waals surface area contributed by atoms with Gasteiger partial charge in [-0.25, -0.2) is 4.39 Å². The molecule has 17 heavy (non-hydrogen) atoms. The lowest BCUT2D eigenvalue weighted by Crippen LogP contribution is -2.19. The molecule has 3 heteroatoms. The topological polar surface area (TPSA) is 12.0 Å².